The van der Waals surface area contributed by atoms with Crippen molar-refractivity contribution in [3.8, 4) is 5.69 Å². The van der Waals surface area contributed by atoms with Gasteiger partial charge in [0.05, 0.1) is 17.3 Å². The minimum Gasteiger partial charge on any atom is -0.354 e. The molecule has 2 aromatic carbocycles. The molecule has 1 amide bonds. The maximum absolute atomic E-state index is 12.7. The molecule has 0 unspecified atom stereocenters. The van der Waals surface area contributed by atoms with Gasteiger partial charge in [0.15, 0.2) is 5.65 Å². The number of amides is 1. The van der Waals surface area contributed by atoms with E-state index in [0.717, 1.165) is 54.4 Å². The Bertz CT molecular complexity index is 1290. The normalized spacial score (nSPS) is 14.5. The molecule has 0 aliphatic carbocycles. The van der Waals surface area contributed by atoms with E-state index in [2.05, 4.69) is 30.9 Å². The molecule has 1 aliphatic heterocycles. The van der Waals surface area contributed by atoms with Crippen LogP contribution in [0.2, 0.25) is 0 Å². The molecule has 7 nitrogen and oxygen atoms in total. The first-order chi connectivity index (χ1) is 17.1. The summed E-state index contributed by atoms with van der Waals surface area (Å²) in [5.41, 5.74) is 2.95. The lowest BCUT2D eigenvalue weighted by atomic mass is 10.1. The van der Waals surface area contributed by atoms with Gasteiger partial charge in [-0.15, -0.1) is 0 Å². The second-order valence-corrected chi connectivity index (χ2v) is 9.57. The third-order valence-electron chi connectivity index (χ3n) is 6.39. The number of hydrogen-bond donors (Lipinski definition) is 0. The summed E-state index contributed by atoms with van der Waals surface area (Å²) in [5, 5.41) is 5.63. The molecule has 4 aromatic rings. The number of carbonyl (C=O) groups is 1. The van der Waals surface area contributed by atoms with Crippen LogP contribution in [0, 0.1) is 5.92 Å². The number of anilines is 1. The van der Waals surface area contributed by atoms with E-state index in [1.165, 1.54) is 5.56 Å². The van der Waals surface area contributed by atoms with E-state index < -0.39 is 0 Å². The molecule has 7 heteroatoms. The molecule has 2 aromatic heterocycles. The fourth-order valence-corrected chi connectivity index (χ4v) is 4.65. The minimum atomic E-state index is 0.247. The molecular weight excluding hydrogens is 436 g/mol. The summed E-state index contributed by atoms with van der Waals surface area (Å²) in [6.45, 7) is 7.28. The number of rotatable bonds is 6. The smallest absolute Gasteiger partial charge is 0.222 e. The van der Waals surface area contributed by atoms with Crippen LogP contribution in [0.25, 0.3) is 16.7 Å². The molecule has 180 valence electrons. The van der Waals surface area contributed by atoms with Crippen molar-refractivity contribution in [2.75, 3.05) is 31.1 Å². The second kappa shape index (κ2) is 10.3. The van der Waals surface area contributed by atoms with Gasteiger partial charge in [0.2, 0.25) is 5.91 Å². The van der Waals surface area contributed by atoms with Crippen molar-refractivity contribution >= 4 is 22.8 Å². The highest BCUT2D eigenvalue weighted by atomic mass is 16.2. The number of nitrogens with zero attached hydrogens (tertiary/aromatic N) is 6. The van der Waals surface area contributed by atoms with Gasteiger partial charge in [0.1, 0.15) is 11.6 Å². The van der Waals surface area contributed by atoms with E-state index in [-0.39, 0.29) is 5.91 Å². The fourth-order valence-electron chi connectivity index (χ4n) is 4.65. The van der Waals surface area contributed by atoms with Crippen LogP contribution < -0.4 is 4.90 Å². The standard InChI is InChI=1S/C28H32N6O/c1-21(2)18-26(35)32-14-9-15-33(17-16-32)27-24-20-29-34(23-12-7-4-8-13-23)28(24)31-25(30-27)19-22-10-5-3-6-11-22/h3-8,10-13,20-21H,9,14-19H2,1-2H3. The van der Waals surface area contributed by atoms with Crippen molar-refractivity contribution in [3.05, 3.63) is 78.2 Å². The Morgan fingerprint density at radius 1 is 0.914 bits per heavy atom. The van der Waals surface area contributed by atoms with Crippen LogP contribution in [-0.2, 0) is 11.2 Å². The van der Waals surface area contributed by atoms with E-state index in [1.54, 1.807) is 0 Å². The fraction of sp³-hybridized carbons (Fsp3) is 0.357. The van der Waals surface area contributed by atoms with Crippen LogP contribution in [-0.4, -0.2) is 56.7 Å². The summed E-state index contributed by atoms with van der Waals surface area (Å²) in [6.07, 6.45) is 4.03. The van der Waals surface area contributed by atoms with Gasteiger partial charge in [-0.1, -0.05) is 62.4 Å². The Morgan fingerprint density at radius 3 is 2.40 bits per heavy atom. The van der Waals surface area contributed by atoms with Crippen molar-refractivity contribution in [2.24, 2.45) is 5.92 Å². The minimum absolute atomic E-state index is 0.247. The van der Waals surface area contributed by atoms with E-state index in [1.807, 2.05) is 64.3 Å². The number of fused-ring (bicyclic) bond motifs is 1. The van der Waals surface area contributed by atoms with Crippen molar-refractivity contribution in [3.63, 3.8) is 0 Å². The van der Waals surface area contributed by atoms with Gasteiger partial charge in [-0.2, -0.15) is 5.10 Å². The maximum Gasteiger partial charge on any atom is 0.222 e. The number of aromatic nitrogens is 4. The molecule has 0 radical (unpaired) electrons. The SMILES string of the molecule is CC(C)CC(=O)N1CCCN(c2nc(Cc3ccccc3)nc3c2cnn3-c2ccccc2)CC1. The molecule has 0 spiro atoms. The van der Waals surface area contributed by atoms with Gasteiger partial charge < -0.3 is 9.80 Å². The largest absolute Gasteiger partial charge is 0.354 e. The summed E-state index contributed by atoms with van der Waals surface area (Å²) in [6, 6.07) is 20.4. The Morgan fingerprint density at radius 2 is 1.66 bits per heavy atom. The molecule has 5 rings (SSSR count). The first-order valence-electron chi connectivity index (χ1n) is 12.4. The third kappa shape index (κ3) is 5.19. The van der Waals surface area contributed by atoms with E-state index in [0.29, 0.717) is 25.3 Å². The molecule has 0 N–H and O–H groups in total. The van der Waals surface area contributed by atoms with Crippen LogP contribution >= 0.6 is 0 Å². The highest BCUT2D eigenvalue weighted by molar-refractivity contribution is 5.88. The number of benzene rings is 2. The molecule has 1 fully saturated rings. The van der Waals surface area contributed by atoms with Crippen LogP contribution in [0.5, 0.6) is 0 Å². The topological polar surface area (TPSA) is 67.2 Å². The first-order valence-corrected chi connectivity index (χ1v) is 12.4. The Balaban J connectivity index is 1.51. The average molecular weight is 469 g/mol. The van der Waals surface area contributed by atoms with E-state index in [4.69, 9.17) is 15.1 Å². The van der Waals surface area contributed by atoms with Crippen molar-refractivity contribution in [1.29, 1.82) is 0 Å². The Hall–Kier alpha value is -3.74. The predicted molar refractivity (Wildman–Crippen MR) is 139 cm³/mol. The van der Waals surface area contributed by atoms with Gasteiger partial charge in [-0.3, -0.25) is 4.79 Å². The number of hydrogen-bond acceptors (Lipinski definition) is 5. The molecule has 1 saturated heterocycles. The maximum atomic E-state index is 12.7. The van der Waals surface area contributed by atoms with Gasteiger partial charge in [0, 0.05) is 39.0 Å². The summed E-state index contributed by atoms with van der Waals surface area (Å²) in [5.74, 6) is 2.29. The monoisotopic (exact) mass is 468 g/mol. The average Bonchev–Trinajstić information content (AvgIpc) is 3.13. The van der Waals surface area contributed by atoms with Crippen LogP contribution in [0.4, 0.5) is 5.82 Å². The van der Waals surface area contributed by atoms with Crippen molar-refractivity contribution in [2.45, 2.75) is 33.1 Å². The lowest BCUT2D eigenvalue weighted by molar-refractivity contribution is -0.131. The van der Waals surface area contributed by atoms with Crippen LogP contribution in [0.15, 0.2) is 66.9 Å². The Labute approximate surface area is 206 Å². The highest BCUT2D eigenvalue weighted by Crippen LogP contribution is 2.27. The summed E-state index contributed by atoms with van der Waals surface area (Å²) in [4.78, 5) is 27.0. The molecule has 3 heterocycles. The lowest BCUT2D eigenvalue weighted by Crippen LogP contribution is -2.36. The molecule has 35 heavy (non-hydrogen) atoms. The molecule has 0 atom stereocenters. The zero-order chi connectivity index (χ0) is 24.2. The predicted octanol–water partition coefficient (Wildman–Crippen LogP) is 4.49. The quantitative estimate of drug-likeness (QED) is 0.417. The summed E-state index contributed by atoms with van der Waals surface area (Å²) < 4.78 is 1.89. The van der Waals surface area contributed by atoms with Crippen LogP contribution in [0.3, 0.4) is 0 Å². The van der Waals surface area contributed by atoms with Crippen molar-refractivity contribution < 1.29 is 4.79 Å². The lowest BCUT2D eigenvalue weighted by Gasteiger charge is -2.24. The molecule has 1 aliphatic rings. The van der Waals surface area contributed by atoms with Gasteiger partial charge in [-0.25, -0.2) is 14.6 Å². The van der Waals surface area contributed by atoms with E-state index in [9.17, 15) is 4.79 Å². The molecule has 0 saturated carbocycles. The number of carbonyl (C=O) groups excluding carboxylic acids is 1. The molecule has 0 bridgehead atoms. The third-order valence-corrected chi connectivity index (χ3v) is 6.39. The zero-order valence-electron chi connectivity index (χ0n) is 20.5. The van der Waals surface area contributed by atoms with Gasteiger partial charge in [0.25, 0.3) is 0 Å². The molecular formula is C28H32N6O. The summed E-state index contributed by atoms with van der Waals surface area (Å²) in [7, 11) is 0. The van der Waals surface area contributed by atoms with Gasteiger partial charge >= 0.3 is 0 Å². The zero-order valence-corrected chi connectivity index (χ0v) is 20.5. The van der Waals surface area contributed by atoms with Crippen molar-refractivity contribution in [1.82, 2.24) is 24.6 Å². The van der Waals surface area contributed by atoms with E-state index >= 15 is 0 Å². The van der Waals surface area contributed by atoms with Gasteiger partial charge in [-0.05, 0) is 30.0 Å². The second-order valence-electron chi connectivity index (χ2n) is 9.57. The highest BCUT2D eigenvalue weighted by Gasteiger charge is 2.24. The first kappa shape index (κ1) is 23.0. The Kier molecular flexibility index (Phi) is 6.75. The van der Waals surface area contributed by atoms with Crippen LogP contribution in [0.1, 0.15) is 38.1 Å². The number of para-hydroxylation sites is 1. The summed E-state index contributed by atoms with van der Waals surface area (Å²) >= 11 is 0.